The summed E-state index contributed by atoms with van der Waals surface area (Å²) in [5.41, 5.74) is 0. The minimum Gasteiger partial charge on any atom is -0.462 e. The van der Waals surface area contributed by atoms with E-state index >= 15 is 0 Å². The Hall–Kier alpha value is -2.50. The second-order valence-corrected chi connectivity index (χ2v) is 6.21. The number of rotatable bonds is 10. The molecule has 11 nitrogen and oxygen atoms in total. The minimum absolute atomic E-state index is 0.589. The standard InChI is InChI=1S/C16H21BrO11/c1-7(18)24-6-12(25-8(2)19)13(26-9(3)20)14(27-10(4)21)15(16(17)23)28-11(5)22/h12-15H,6H2,1-5H3/t12-,13-,14+,15-/m1/s1. The monoisotopic (exact) mass is 468 g/mol. The van der Waals surface area contributed by atoms with E-state index in [1.54, 1.807) is 0 Å². The lowest BCUT2D eigenvalue weighted by molar-refractivity contribution is -0.201. The van der Waals surface area contributed by atoms with Crippen molar-refractivity contribution in [3.05, 3.63) is 0 Å². The van der Waals surface area contributed by atoms with Crippen LogP contribution in [0.4, 0.5) is 0 Å². The van der Waals surface area contributed by atoms with Crippen molar-refractivity contribution >= 4 is 50.5 Å². The highest BCUT2D eigenvalue weighted by atomic mass is 79.9. The van der Waals surface area contributed by atoms with E-state index < -0.39 is 65.6 Å². The van der Waals surface area contributed by atoms with Crippen molar-refractivity contribution in [3.63, 3.8) is 0 Å². The van der Waals surface area contributed by atoms with Crippen molar-refractivity contribution in [1.82, 2.24) is 0 Å². The summed E-state index contributed by atoms with van der Waals surface area (Å²) >= 11 is 2.62. The molecular formula is C16H21BrO11. The van der Waals surface area contributed by atoms with Crippen LogP contribution in [0.5, 0.6) is 0 Å². The van der Waals surface area contributed by atoms with E-state index in [2.05, 4.69) is 15.9 Å². The molecular weight excluding hydrogens is 448 g/mol. The van der Waals surface area contributed by atoms with Gasteiger partial charge in [-0.3, -0.25) is 28.8 Å². The summed E-state index contributed by atoms with van der Waals surface area (Å²) in [6, 6.07) is 0. The van der Waals surface area contributed by atoms with Gasteiger partial charge in [0, 0.05) is 34.6 Å². The Kier molecular flexibility index (Phi) is 11.0. The van der Waals surface area contributed by atoms with Crippen molar-refractivity contribution in [1.29, 1.82) is 0 Å². The molecule has 0 aliphatic heterocycles. The maximum Gasteiger partial charge on any atom is 0.303 e. The molecule has 0 aromatic heterocycles. The molecule has 12 heteroatoms. The lowest BCUT2D eigenvalue weighted by Gasteiger charge is -2.34. The number of hydrogen-bond acceptors (Lipinski definition) is 11. The van der Waals surface area contributed by atoms with E-state index in [-0.39, 0.29) is 0 Å². The van der Waals surface area contributed by atoms with Crippen molar-refractivity contribution in [2.45, 2.75) is 59.0 Å². The number of esters is 5. The summed E-state index contributed by atoms with van der Waals surface area (Å²) in [6.45, 7) is 4.52. The highest BCUT2D eigenvalue weighted by Crippen LogP contribution is 2.22. The van der Waals surface area contributed by atoms with Gasteiger partial charge in [-0.1, -0.05) is 0 Å². The van der Waals surface area contributed by atoms with Crippen LogP contribution in [0.3, 0.4) is 0 Å². The lowest BCUT2D eigenvalue weighted by atomic mass is 10.0. The Morgan fingerprint density at radius 2 is 1.07 bits per heavy atom. The number of carbonyl (C=O) groups excluding carboxylic acids is 6. The van der Waals surface area contributed by atoms with Crippen molar-refractivity contribution in [3.8, 4) is 0 Å². The third kappa shape index (κ3) is 10.00. The fraction of sp³-hybridized carbons (Fsp3) is 0.625. The largest absolute Gasteiger partial charge is 0.462 e. The highest BCUT2D eigenvalue weighted by molar-refractivity contribution is 9.18. The van der Waals surface area contributed by atoms with Gasteiger partial charge in [-0.05, 0) is 15.9 Å². The first-order chi connectivity index (χ1) is 12.8. The van der Waals surface area contributed by atoms with Gasteiger partial charge < -0.3 is 23.7 Å². The number of ether oxygens (including phenoxy) is 5. The third-order valence-electron chi connectivity index (χ3n) is 2.88. The molecule has 0 saturated heterocycles. The van der Waals surface area contributed by atoms with Crippen molar-refractivity contribution in [2.75, 3.05) is 6.61 Å². The van der Waals surface area contributed by atoms with E-state index in [0.717, 1.165) is 34.6 Å². The van der Waals surface area contributed by atoms with Crippen LogP contribution in [0.15, 0.2) is 0 Å². The Morgan fingerprint density at radius 1 is 0.643 bits per heavy atom. The Balaban J connectivity index is 6.18. The molecule has 0 aromatic rings. The number of hydrogen-bond donors (Lipinski definition) is 0. The van der Waals surface area contributed by atoms with Gasteiger partial charge in [-0.2, -0.15) is 0 Å². The smallest absolute Gasteiger partial charge is 0.303 e. The summed E-state index contributed by atoms with van der Waals surface area (Å²) in [6.07, 6.45) is -6.58. The van der Waals surface area contributed by atoms with Gasteiger partial charge in [0.05, 0.1) is 0 Å². The predicted octanol–water partition coefficient (Wildman–Crippen LogP) is 0.198. The molecule has 0 radical (unpaired) electrons. The summed E-state index contributed by atoms with van der Waals surface area (Å²) in [7, 11) is 0. The Bertz CT molecular complexity index is 630. The van der Waals surface area contributed by atoms with Crippen LogP contribution < -0.4 is 0 Å². The van der Waals surface area contributed by atoms with Crippen LogP contribution >= 0.6 is 15.9 Å². The molecule has 28 heavy (non-hydrogen) atoms. The molecule has 0 amide bonds. The molecule has 0 bridgehead atoms. The summed E-state index contributed by atoms with van der Waals surface area (Å²) in [5.74, 6) is -4.30. The second-order valence-electron chi connectivity index (χ2n) is 5.43. The van der Waals surface area contributed by atoms with Gasteiger partial charge in [0.25, 0.3) is 0 Å². The molecule has 0 heterocycles. The highest BCUT2D eigenvalue weighted by Gasteiger charge is 2.46. The first-order valence-corrected chi connectivity index (χ1v) is 8.66. The van der Waals surface area contributed by atoms with Crippen LogP contribution in [-0.4, -0.2) is 65.6 Å². The first-order valence-electron chi connectivity index (χ1n) is 7.86. The van der Waals surface area contributed by atoms with E-state index in [4.69, 9.17) is 23.7 Å². The molecule has 0 unspecified atom stereocenters. The molecule has 158 valence electrons. The first kappa shape index (κ1) is 25.5. The molecule has 0 rings (SSSR count). The Labute approximate surface area is 169 Å². The zero-order chi connectivity index (χ0) is 22.0. The van der Waals surface area contributed by atoms with Gasteiger partial charge in [0.1, 0.15) is 6.61 Å². The summed E-state index contributed by atoms with van der Waals surface area (Å²) in [5, 5.41) is 0. The van der Waals surface area contributed by atoms with Gasteiger partial charge in [0.15, 0.2) is 18.3 Å². The van der Waals surface area contributed by atoms with Gasteiger partial charge >= 0.3 is 29.8 Å². The number of halogens is 1. The predicted molar refractivity (Wildman–Crippen MR) is 92.8 cm³/mol. The lowest BCUT2D eigenvalue weighted by Crippen LogP contribution is -2.54. The van der Waals surface area contributed by atoms with E-state index in [1.807, 2.05) is 0 Å². The quantitative estimate of drug-likeness (QED) is 0.245. The SMILES string of the molecule is CC(=O)OC[C@@H](OC(C)=O)[C@@H](OC(C)=O)[C@H](OC(C)=O)[C@@H](OC(C)=O)C(=O)Br. The summed E-state index contributed by atoms with van der Waals surface area (Å²) < 4.78 is 23.9. The van der Waals surface area contributed by atoms with Crippen LogP contribution in [0.2, 0.25) is 0 Å². The minimum atomic E-state index is -1.75. The maximum atomic E-state index is 11.9. The average molecular weight is 469 g/mol. The molecule has 0 aliphatic rings. The molecule has 0 saturated carbocycles. The Morgan fingerprint density at radius 3 is 1.43 bits per heavy atom. The number of carbonyl (C=O) groups is 6. The molecule has 4 atom stereocenters. The van der Waals surface area contributed by atoms with Gasteiger partial charge in [-0.15, -0.1) is 0 Å². The molecule has 0 aliphatic carbocycles. The summed E-state index contributed by atoms with van der Waals surface area (Å²) in [4.78, 5) is 69.0. The molecule has 0 spiro atoms. The normalized spacial score (nSPS) is 14.5. The van der Waals surface area contributed by atoms with Gasteiger partial charge in [0.2, 0.25) is 10.8 Å². The molecule has 0 aromatic carbocycles. The van der Waals surface area contributed by atoms with Crippen molar-refractivity contribution in [2.24, 2.45) is 0 Å². The van der Waals surface area contributed by atoms with E-state index in [1.165, 1.54) is 0 Å². The van der Waals surface area contributed by atoms with Crippen LogP contribution in [-0.2, 0) is 52.5 Å². The topological polar surface area (TPSA) is 149 Å². The maximum absolute atomic E-state index is 11.9. The zero-order valence-electron chi connectivity index (χ0n) is 15.9. The second kappa shape index (κ2) is 12.1. The van der Waals surface area contributed by atoms with Gasteiger partial charge in [-0.25, -0.2) is 0 Å². The van der Waals surface area contributed by atoms with Crippen LogP contribution in [0.1, 0.15) is 34.6 Å². The third-order valence-corrected chi connectivity index (χ3v) is 3.33. The molecule has 0 fully saturated rings. The van der Waals surface area contributed by atoms with Crippen LogP contribution in [0, 0.1) is 0 Å². The fourth-order valence-electron chi connectivity index (χ4n) is 2.07. The average Bonchev–Trinajstić information content (AvgIpc) is 2.51. The van der Waals surface area contributed by atoms with E-state index in [9.17, 15) is 28.8 Å². The van der Waals surface area contributed by atoms with Crippen molar-refractivity contribution < 1.29 is 52.5 Å². The zero-order valence-corrected chi connectivity index (χ0v) is 17.5. The van der Waals surface area contributed by atoms with Crippen LogP contribution in [0.25, 0.3) is 0 Å². The van der Waals surface area contributed by atoms with E-state index in [0.29, 0.717) is 0 Å². The molecule has 0 N–H and O–H groups in total. The fourth-order valence-corrected chi connectivity index (χ4v) is 2.42.